The Hall–Kier alpha value is -1.65. The molecule has 3 nitrogen and oxygen atoms in total. The van der Waals surface area contributed by atoms with Crippen molar-refractivity contribution in [3.05, 3.63) is 70.2 Å². The molecular weight excluding hydrogens is 318 g/mol. The zero-order chi connectivity index (χ0) is 14.4. The number of hydrogen-bond donors (Lipinski definition) is 2. The second kappa shape index (κ2) is 7.22. The molecule has 1 atom stereocenters. The number of rotatable bonds is 6. The van der Waals surface area contributed by atoms with Gasteiger partial charge in [0.25, 0.3) is 0 Å². The van der Waals surface area contributed by atoms with Crippen LogP contribution < -0.4 is 5.32 Å². The minimum absolute atomic E-state index is 0.409. The van der Waals surface area contributed by atoms with Crippen molar-refractivity contribution in [1.82, 2.24) is 5.32 Å². The lowest BCUT2D eigenvalue weighted by Gasteiger charge is -2.14. The van der Waals surface area contributed by atoms with E-state index in [1.807, 2.05) is 54.6 Å². The van der Waals surface area contributed by atoms with Crippen molar-refractivity contribution in [2.24, 2.45) is 0 Å². The average molecular weight is 334 g/mol. The smallest absolute Gasteiger partial charge is 0.312 e. The fourth-order valence-electron chi connectivity index (χ4n) is 2.04. The monoisotopic (exact) mass is 333 g/mol. The molecule has 2 rings (SSSR count). The highest BCUT2D eigenvalue weighted by atomic mass is 79.9. The van der Waals surface area contributed by atoms with Crippen LogP contribution in [0.4, 0.5) is 0 Å². The number of carbonyl (C=O) groups is 1. The quantitative estimate of drug-likeness (QED) is 0.851. The first-order valence-corrected chi connectivity index (χ1v) is 7.19. The van der Waals surface area contributed by atoms with Gasteiger partial charge in [-0.1, -0.05) is 58.4 Å². The Morgan fingerprint density at radius 1 is 1.15 bits per heavy atom. The second-order valence-electron chi connectivity index (χ2n) is 4.56. The summed E-state index contributed by atoms with van der Waals surface area (Å²) < 4.78 is 1.02. The van der Waals surface area contributed by atoms with E-state index in [1.54, 1.807) is 0 Å². The first-order chi connectivity index (χ1) is 9.66. The molecule has 1 unspecified atom stereocenters. The number of aliphatic carboxylic acids is 1. The van der Waals surface area contributed by atoms with Gasteiger partial charge in [0.15, 0.2) is 0 Å². The van der Waals surface area contributed by atoms with Gasteiger partial charge in [-0.3, -0.25) is 4.79 Å². The lowest BCUT2D eigenvalue weighted by Crippen LogP contribution is -2.26. The summed E-state index contributed by atoms with van der Waals surface area (Å²) in [5.74, 6) is -1.33. The number of halogens is 1. The van der Waals surface area contributed by atoms with Gasteiger partial charge in [0, 0.05) is 17.6 Å². The van der Waals surface area contributed by atoms with Gasteiger partial charge in [-0.15, -0.1) is 0 Å². The summed E-state index contributed by atoms with van der Waals surface area (Å²) in [6.45, 7) is 1.06. The summed E-state index contributed by atoms with van der Waals surface area (Å²) in [5, 5.41) is 12.5. The van der Waals surface area contributed by atoms with Crippen LogP contribution in [0.3, 0.4) is 0 Å². The SMILES string of the molecule is O=C(O)C(CNCc1cccc(Br)c1)c1ccccc1. The largest absolute Gasteiger partial charge is 0.481 e. The average Bonchev–Trinajstić information content (AvgIpc) is 2.44. The van der Waals surface area contributed by atoms with Gasteiger partial charge in [-0.05, 0) is 23.3 Å². The van der Waals surface area contributed by atoms with Gasteiger partial charge in [0.1, 0.15) is 0 Å². The first-order valence-electron chi connectivity index (χ1n) is 6.40. The Labute approximate surface area is 126 Å². The number of benzene rings is 2. The van der Waals surface area contributed by atoms with Crippen molar-refractivity contribution in [3.63, 3.8) is 0 Å². The third-order valence-electron chi connectivity index (χ3n) is 3.07. The molecule has 104 valence electrons. The normalized spacial score (nSPS) is 12.1. The number of nitrogens with one attached hydrogen (secondary N) is 1. The molecule has 0 aliphatic carbocycles. The van der Waals surface area contributed by atoms with Crippen molar-refractivity contribution < 1.29 is 9.90 Å². The van der Waals surface area contributed by atoms with Crippen molar-refractivity contribution >= 4 is 21.9 Å². The topological polar surface area (TPSA) is 49.3 Å². The minimum Gasteiger partial charge on any atom is -0.481 e. The number of carboxylic acids is 1. The first kappa shape index (κ1) is 14.8. The van der Waals surface area contributed by atoms with Crippen LogP contribution in [-0.4, -0.2) is 17.6 Å². The summed E-state index contributed by atoms with van der Waals surface area (Å²) >= 11 is 3.42. The molecule has 0 radical (unpaired) electrons. The van der Waals surface area contributed by atoms with Crippen molar-refractivity contribution in [2.75, 3.05) is 6.54 Å². The van der Waals surface area contributed by atoms with Crippen LogP contribution in [0.2, 0.25) is 0 Å². The maximum atomic E-state index is 11.3. The highest BCUT2D eigenvalue weighted by molar-refractivity contribution is 9.10. The van der Waals surface area contributed by atoms with E-state index < -0.39 is 11.9 Å². The Morgan fingerprint density at radius 2 is 1.90 bits per heavy atom. The van der Waals surface area contributed by atoms with E-state index >= 15 is 0 Å². The fourth-order valence-corrected chi connectivity index (χ4v) is 2.49. The summed E-state index contributed by atoms with van der Waals surface area (Å²) in [6.07, 6.45) is 0. The molecule has 0 bridgehead atoms. The zero-order valence-electron chi connectivity index (χ0n) is 10.9. The standard InChI is InChI=1S/C16H16BrNO2/c17-14-8-4-5-12(9-14)10-18-11-15(16(19)20)13-6-2-1-3-7-13/h1-9,15,18H,10-11H2,(H,19,20). The van der Waals surface area contributed by atoms with Crippen molar-refractivity contribution in [2.45, 2.75) is 12.5 Å². The van der Waals surface area contributed by atoms with Gasteiger partial charge in [0.2, 0.25) is 0 Å². The molecule has 0 aromatic heterocycles. The van der Waals surface area contributed by atoms with E-state index in [0.717, 1.165) is 15.6 Å². The van der Waals surface area contributed by atoms with Gasteiger partial charge in [-0.2, -0.15) is 0 Å². The molecule has 4 heteroatoms. The third kappa shape index (κ3) is 4.18. The van der Waals surface area contributed by atoms with Crippen molar-refractivity contribution in [1.29, 1.82) is 0 Å². The number of carboxylic acid groups (broad SMARTS) is 1. The van der Waals surface area contributed by atoms with Gasteiger partial charge < -0.3 is 10.4 Å². The van der Waals surface area contributed by atoms with Crippen LogP contribution >= 0.6 is 15.9 Å². The van der Waals surface area contributed by atoms with Crippen LogP contribution in [0.5, 0.6) is 0 Å². The van der Waals surface area contributed by atoms with Crippen LogP contribution in [0.15, 0.2) is 59.1 Å². The Balaban J connectivity index is 1.95. The maximum Gasteiger partial charge on any atom is 0.312 e. The predicted molar refractivity (Wildman–Crippen MR) is 82.7 cm³/mol. The Morgan fingerprint density at radius 3 is 2.55 bits per heavy atom. The molecule has 2 aromatic carbocycles. The van der Waals surface area contributed by atoms with E-state index in [0.29, 0.717) is 13.1 Å². The van der Waals surface area contributed by atoms with E-state index in [1.165, 1.54) is 0 Å². The maximum absolute atomic E-state index is 11.3. The van der Waals surface area contributed by atoms with Gasteiger partial charge in [0.05, 0.1) is 5.92 Å². The minimum atomic E-state index is -0.807. The molecular formula is C16H16BrNO2. The molecule has 20 heavy (non-hydrogen) atoms. The Kier molecular flexibility index (Phi) is 5.32. The predicted octanol–water partition coefficient (Wildman–Crippen LogP) is 3.41. The summed E-state index contributed by atoms with van der Waals surface area (Å²) in [5.41, 5.74) is 1.94. The lowest BCUT2D eigenvalue weighted by atomic mass is 9.99. The van der Waals surface area contributed by atoms with E-state index in [4.69, 9.17) is 0 Å². The third-order valence-corrected chi connectivity index (χ3v) is 3.56. The number of hydrogen-bond acceptors (Lipinski definition) is 2. The van der Waals surface area contributed by atoms with Crippen LogP contribution in [0.25, 0.3) is 0 Å². The molecule has 0 fully saturated rings. The van der Waals surface area contributed by atoms with Gasteiger partial charge >= 0.3 is 5.97 Å². The van der Waals surface area contributed by atoms with E-state index in [9.17, 15) is 9.90 Å². The molecule has 0 aliphatic rings. The van der Waals surface area contributed by atoms with Crippen LogP contribution in [0, 0.1) is 0 Å². The fraction of sp³-hybridized carbons (Fsp3) is 0.188. The summed E-state index contributed by atoms with van der Waals surface area (Å²) in [6, 6.07) is 17.3. The lowest BCUT2D eigenvalue weighted by molar-refractivity contribution is -0.138. The van der Waals surface area contributed by atoms with E-state index in [-0.39, 0.29) is 0 Å². The van der Waals surface area contributed by atoms with Crippen molar-refractivity contribution in [3.8, 4) is 0 Å². The molecule has 2 N–H and O–H groups in total. The molecule has 2 aromatic rings. The molecule has 0 amide bonds. The van der Waals surface area contributed by atoms with Gasteiger partial charge in [-0.25, -0.2) is 0 Å². The van der Waals surface area contributed by atoms with Crippen LogP contribution in [-0.2, 0) is 11.3 Å². The zero-order valence-corrected chi connectivity index (χ0v) is 12.5. The van der Waals surface area contributed by atoms with E-state index in [2.05, 4.69) is 21.2 Å². The molecule has 0 saturated heterocycles. The molecule has 0 spiro atoms. The summed E-state index contributed by atoms with van der Waals surface area (Å²) in [7, 11) is 0. The highest BCUT2D eigenvalue weighted by Crippen LogP contribution is 2.15. The van der Waals surface area contributed by atoms with Crippen LogP contribution in [0.1, 0.15) is 17.0 Å². The highest BCUT2D eigenvalue weighted by Gasteiger charge is 2.18. The molecule has 0 aliphatic heterocycles. The second-order valence-corrected chi connectivity index (χ2v) is 5.48. The molecule has 0 saturated carbocycles. The Bertz CT molecular complexity index is 572. The summed E-state index contributed by atoms with van der Waals surface area (Å²) in [4.78, 5) is 11.3. The molecule has 0 heterocycles.